The zero-order valence-corrected chi connectivity index (χ0v) is 14.9. The maximum atomic E-state index is 12.6. The normalized spacial score (nSPS) is 13.5. The van der Waals surface area contributed by atoms with E-state index in [1.807, 2.05) is 31.4 Å². The average Bonchev–Trinajstić information content (AvgIpc) is 2.88. The highest BCUT2D eigenvalue weighted by Gasteiger charge is 2.26. The maximum absolute atomic E-state index is 12.6. The molecule has 1 unspecified atom stereocenters. The molecule has 1 heterocycles. The van der Waals surface area contributed by atoms with Gasteiger partial charge in [-0.3, -0.25) is 0 Å². The van der Waals surface area contributed by atoms with Crippen LogP contribution < -0.4 is 10.5 Å². The van der Waals surface area contributed by atoms with Crippen LogP contribution in [0.2, 0.25) is 0 Å². The molecule has 0 radical (unpaired) electrons. The number of nitrogens with one attached hydrogen (secondary N) is 1. The second-order valence-electron chi connectivity index (χ2n) is 5.05. The number of anilines is 1. The topological polar surface area (TPSA) is 72.2 Å². The number of thiophene rings is 1. The molecular weight excluding hydrogens is 372 g/mol. The predicted molar refractivity (Wildman–Crippen MR) is 90.8 cm³/mol. The van der Waals surface area contributed by atoms with Crippen molar-refractivity contribution in [1.29, 1.82) is 0 Å². The minimum Gasteiger partial charge on any atom is -0.399 e. The Balaban J connectivity index is 2.35. The van der Waals surface area contributed by atoms with Gasteiger partial charge >= 0.3 is 0 Å². The molecule has 2 rings (SSSR count). The number of sulfonamides is 1. The lowest BCUT2D eigenvalue weighted by atomic mass is 10.0. The summed E-state index contributed by atoms with van der Waals surface area (Å²) in [7, 11) is -3.62. The molecule has 0 spiro atoms. The number of nitrogens with two attached hydrogens (primary N) is 1. The molecule has 114 valence electrons. The molecule has 0 aliphatic carbocycles. The van der Waals surface area contributed by atoms with E-state index in [9.17, 15) is 8.42 Å². The summed E-state index contributed by atoms with van der Waals surface area (Å²) in [5, 5.41) is 1.94. The average molecular weight is 389 g/mol. The molecule has 1 aromatic heterocycles. The standard InChI is InChI=1S/C14H17BrN2O2S2/c1-9(2)14(12-4-3-7-20-12)17-21(18,19)13-6-5-10(16)8-11(13)15/h3-9,14,17H,16H2,1-2H3. The van der Waals surface area contributed by atoms with Gasteiger partial charge in [-0.05, 0) is 51.5 Å². The molecule has 0 fully saturated rings. The Labute approximate surface area is 137 Å². The third-order valence-corrected chi connectivity index (χ3v) is 6.42. The van der Waals surface area contributed by atoms with Gasteiger partial charge in [0, 0.05) is 15.0 Å². The van der Waals surface area contributed by atoms with E-state index in [0.717, 1.165) is 4.88 Å². The van der Waals surface area contributed by atoms with Crippen molar-refractivity contribution in [1.82, 2.24) is 4.72 Å². The molecule has 0 bridgehead atoms. The van der Waals surface area contributed by atoms with Gasteiger partial charge in [0.25, 0.3) is 0 Å². The molecule has 4 nitrogen and oxygen atoms in total. The predicted octanol–water partition coefficient (Wildman–Crippen LogP) is 3.77. The number of nitrogen functional groups attached to an aromatic ring is 1. The first-order valence-electron chi connectivity index (χ1n) is 6.42. The smallest absolute Gasteiger partial charge is 0.242 e. The first-order valence-corrected chi connectivity index (χ1v) is 9.57. The molecule has 0 saturated carbocycles. The van der Waals surface area contributed by atoms with Crippen LogP contribution in [0.4, 0.5) is 5.69 Å². The number of benzene rings is 1. The lowest BCUT2D eigenvalue weighted by Crippen LogP contribution is -2.31. The Hall–Kier alpha value is -0.890. The molecule has 1 atom stereocenters. The van der Waals surface area contributed by atoms with Crippen molar-refractivity contribution in [3.63, 3.8) is 0 Å². The van der Waals surface area contributed by atoms with Gasteiger partial charge in [0.15, 0.2) is 0 Å². The Kier molecular flexibility index (Phi) is 5.08. The van der Waals surface area contributed by atoms with Crippen molar-refractivity contribution >= 4 is 43.0 Å². The molecular formula is C14H17BrN2O2S2. The maximum Gasteiger partial charge on any atom is 0.242 e. The Morgan fingerprint density at radius 2 is 2.00 bits per heavy atom. The molecule has 1 aromatic carbocycles. The minimum atomic E-state index is -3.62. The van der Waals surface area contributed by atoms with E-state index in [-0.39, 0.29) is 16.9 Å². The summed E-state index contributed by atoms with van der Waals surface area (Å²) in [4.78, 5) is 1.19. The fourth-order valence-corrected chi connectivity index (χ4v) is 5.44. The Morgan fingerprint density at radius 3 is 2.52 bits per heavy atom. The number of hydrogen-bond donors (Lipinski definition) is 2. The van der Waals surface area contributed by atoms with Crippen LogP contribution in [-0.4, -0.2) is 8.42 Å². The van der Waals surface area contributed by atoms with E-state index in [0.29, 0.717) is 10.2 Å². The Bertz CT molecular complexity index is 713. The molecule has 0 saturated heterocycles. The quantitative estimate of drug-likeness (QED) is 0.765. The van der Waals surface area contributed by atoms with E-state index in [1.54, 1.807) is 23.5 Å². The summed E-state index contributed by atoms with van der Waals surface area (Å²) in [5.41, 5.74) is 6.17. The number of hydrogen-bond acceptors (Lipinski definition) is 4. The van der Waals surface area contributed by atoms with Gasteiger partial charge in [-0.25, -0.2) is 13.1 Å². The van der Waals surface area contributed by atoms with Crippen LogP contribution >= 0.6 is 27.3 Å². The van der Waals surface area contributed by atoms with Gasteiger partial charge in [0.2, 0.25) is 10.0 Å². The van der Waals surface area contributed by atoms with Crippen LogP contribution in [0, 0.1) is 5.92 Å². The third-order valence-electron chi connectivity index (χ3n) is 3.04. The molecule has 3 N–H and O–H groups in total. The summed E-state index contributed by atoms with van der Waals surface area (Å²) < 4.78 is 28.4. The molecule has 0 aliphatic heterocycles. The van der Waals surface area contributed by atoms with Gasteiger partial charge < -0.3 is 5.73 Å². The summed E-state index contributed by atoms with van der Waals surface area (Å²) in [6, 6.07) is 8.28. The Morgan fingerprint density at radius 1 is 1.29 bits per heavy atom. The van der Waals surface area contributed by atoms with Crippen LogP contribution in [0.5, 0.6) is 0 Å². The largest absolute Gasteiger partial charge is 0.399 e. The SMILES string of the molecule is CC(C)C(NS(=O)(=O)c1ccc(N)cc1Br)c1cccs1. The molecule has 7 heteroatoms. The van der Waals surface area contributed by atoms with Crippen molar-refractivity contribution in [2.45, 2.75) is 24.8 Å². The van der Waals surface area contributed by atoms with Crippen molar-refractivity contribution in [3.8, 4) is 0 Å². The minimum absolute atomic E-state index is 0.144. The summed E-state index contributed by atoms with van der Waals surface area (Å²) in [5.74, 6) is 0.144. The van der Waals surface area contributed by atoms with Gasteiger partial charge in [-0.2, -0.15) is 0 Å². The van der Waals surface area contributed by atoms with Gasteiger partial charge in [-0.15, -0.1) is 11.3 Å². The van der Waals surface area contributed by atoms with E-state index >= 15 is 0 Å². The van der Waals surface area contributed by atoms with E-state index < -0.39 is 10.0 Å². The highest BCUT2D eigenvalue weighted by atomic mass is 79.9. The summed E-state index contributed by atoms with van der Waals surface area (Å²) in [6.45, 7) is 3.98. The first-order chi connectivity index (χ1) is 9.81. The van der Waals surface area contributed by atoms with Crippen molar-refractivity contribution in [2.24, 2.45) is 5.92 Å². The van der Waals surface area contributed by atoms with Crippen LogP contribution in [-0.2, 0) is 10.0 Å². The lowest BCUT2D eigenvalue weighted by Gasteiger charge is -2.21. The second kappa shape index (κ2) is 6.48. The third kappa shape index (κ3) is 3.85. The van der Waals surface area contributed by atoms with E-state index in [2.05, 4.69) is 20.7 Å². The molecule has 0 aliphatic rings. The summed E-state index contributed by atoms with van der Waals surface area (Å²) >= 11 is 4.81. The zero-order chi connectivity index (χ0) is 15.6. The zero-order valence-electron chi connectivity index (χ0n) is 11.7. The molecule has 2 aromatic rings. The second-order valence-corrected chi connectivity index (χ2v) is 8.56. The van der Waals surface area contributed by atoms with Gasteiger partial charge in [-0.1, -0.05) is 19.9 Å². The van der Waals surface area contributed by atoms with Crippen LogP contribution in [0.25, 0.3) is 0 Å². The van der Waals surface area contributed by atoms with Crippen LogP contribution in [0.15, 0.2) is 45.1 Å². The van der Waals surface area contributed by atoms with Crippen molar-refractivity contribution in [3.05, 3.63) is 45.1 Å². The molecule has 0 amide bonds. The van der Waals surface area contributed by atoms with Crippen LogP contribution in [0.3, 0.4) is 0 Å². The highest BCUT2D eigenvalue weighted by molar-refractivity contribution is 9.10. The summed E-state index contributed by atoms with van der Waals surface area (Å²) in [6.07, 6.45) is 0. The van der Waals surface area contributed by atoms with Gasteiger partial charge in [0.1, 0.15) is 0 Å². The fourth-order valence-electron chi connectivity index (χ4n) is 1.96. The first kappa shape index (κ1) is 16.5. The number of rotatable bonds is 5. The van der Waals surface area contributed by atoms with Gasteiger partial charge in [0.05, 0.1) is 10.9 Å². The van der Waals surface area contributed by atoms with E-state index in [4.69, 9.17) is 5.73 Å². The molecule has 21 heavy (non-hydrogen) atoms. The highest BCUT2D eigenvalue weighted by Crippen LogP contribution is 2.30. The van der Waals surface area contributed by atoms with Crippen LogP contribution in [0.1, 0.15) is 24.8 Å². The van der Waals surface area contributed by atoms with Crippen molar-refractivity contribution < 1.29 is 8.42 Å². The fraction of sp³-hybridized carbons (Fsp3) is 0.286. The van der Waals surface area contributed by atoms with E-state index in [1.165, 1.54) is 6.07 Å². The van der Waals surface area contributed by atoms with Crippen molar-refractivity contribution in [2.75, 3.05) is 5.73 Å². The monoisotopic (exact) mass is 388 g/mol. The lowest BCUT2D eigenvalue weighted by molar-refractivity contribution is 0.468. The number of halogens is 1.